The number of carbonyl (C=O) groups is 3. The number of fused-ring (bicyclic) bond motifs is 3. The van der Waals surface area contributed by atoms with E-state index in [4.69, 9.17) is 4.74 Å². The van der Waals surface area contributed by atoms with Crippen molar-refractivity contribution in [1.82, 2.24) is 5.32 Å². The zero-order valence-electron chi connectivity index (χ0n) is 19.0. The van der Waals surface area contributed by atoms with E-state index in [-0.39, 0.29) is 12.5 Å². The van der Waals surface area contributed by atoms with Gasteiger partial charge in [0.2, 0.25) is 5.91 Å². The molecule has 174 valence electrons. The molecule has 1 aliphatic rings. The number of benzene rings is 3. The van der Waals surface area contributed by atoms with Crippen molar-refractivity contribution >= 4 is 23.7 Å². The summed E-state index contributed by atoms with van der Waals surface area (Å²) >= 11 is 0. The Balaban J connectivity index is 1.42. The Labute approximate surface area is 198 Å². The van der Waals surface area contributed by atoms with Crippen molar-refractivity contribution in [1.29, 1.82) is 0 Å². The highest BCUT2D eigenvalue weighted by molar-refractivity contribution is 6.01. The van der Waals surface area contributed by atoms with E-state index in [1.165, 1.54) is 6.92 Å². The van der Waals surface area contributed by atoms with Gasteiger partial charge in [0, 0.05) is 11.6 Å². The molecule has 3 aromatic rings. The van der Waals surface area contributed by atoms with Crippen LogP contribution in [0.25, 0.3) is 11.1 Å². The van der Waals surface area contributed by atoms with E-state index >= 15 is 0 Å². The van der Waals surface area contributed by atoms with Crippen molar-refractivity contribution in [3.63, 3.8) is 0 Å². The molecule has 0 radical (unpaired) electrons. The maximum Gasteiger partial charge on any atom is 0.407 e. The third-order valence-corrected chi connectivity index (χ3v) is 5.95. The molecule has 0 saturated heterocycles. The molecule has 2 N–H and O–H groups in total. The summed E-state index contributed by atoms with van der Waals surface area (Å²) in [5, 5.41) is 11.8. The minimum absolute atomic E-state index is 0.0970. The lowest BCUT2D eigenvalue weighted by Crippen LogP contribution is -2.49. The van der Waals surface area contributed by atoms with Crippen LogP contribution < -0.4 is 10.2 Å². The molecule has 34 heavy (non-hydrogen) atoms. The van der Waals surface area contributed by atoms with Gasteiger partial charge in [-0.3, -0.25) is 14.5 Å². The van der Waals surface area contributed by atoms with Gasteiger partial charge in [0.25, 0.3) is 0 Å². The van der Waals surface area contributed by atoms with Gasteiger partial charge in [0.15, 0.2) is 0 Å². The molecule has 1 aliphatic carbocycles. The summed E-state index contributed by atoms with van der Waals surface area (Å²) < 4.78 is 5.51. The van der Waals surface area contributed by atoms with Crippen LogP contribution in [0.1, 0.15) is 29.5 Å². The zero-order valence-corrected chi connectivity index (χ0v) is 19.0. The number of aryl methyl sites for hydroxylation is 1. The average molecular weight is 459 g/mol. The molecule has 1 atom stereocenters. The number of alkyl carbamates (subject to hydrolysis) is 1. The Kier molecular flexibility index (Phi) is 6.63. The summed E-state index contributed by atoms with van der Waals surface area (Å²) in [7, 11) is 0. The molecule has 0 aliphatic heterocycles. The summed E-state index contributed by atoms with van der Waals surface area (Å²) in [4.78, 5) is 38.0. The Morgan fingerprint density at radius 3 is 2.06 bits per heavy atom. The number of nitrogens with one attached hydrogen (secondary N) is 1. The Bertz CT molecular complexity index is 1180. The van der Waals surface area contributed by atoms with E-state index in [0.717, 1.165) is 32.7 Å². The van der Waals surface area contributed by atoms with Gasteiger partial charge < -0.3 is 15.2 Å². The van der Waals surface area contributed by atoms with Gasteiger partial charge in [0.05, 0.1) is 0 Å². The number of amides is 2. The van der Waals surface area contributed by atoms with Gasteiger partial charge >= 0.3 is 12.1 Å². The van der Waals surface area contributed by atoms with E-state index in [0.29, 0.717) is 5.69 Å². The lowest BCUT2D eigenvalue weighted by atomic mass is 9.98. The van der Waals surface area contributed by atoms with Crippen LogP contribution in [0.5, 0.6) is 0 Å². The fraction of sp³-hybridized carbons (Fsp3) is 0.222. The Morgan fingerprint density at radius 2 is 1.50 bits per heavy atom. The van der Waals surface area contributed by atoms with E-state index in [1.54, 1.807) is 24.3 Å². The van der Waals surface area contributed by atoms with Gasteiger partial charge in [-0.25, -0.2) is 4.79 Å². The van der Waals surface area contributed by atoms with E-state index in [9.17, 15) is 19.5 Å². The molecule has 4 rings (SSSR count). The normalized spacial score (nSPS) is 12.9. The lowest BCUT2D eigenvalue weighted by Gasteiger charge is -2.25. The monoisotopic (exact) mass is 458 g/mol. The summed E-state index contributed by atoms with van der Waals surface area (Å²) in [6.07, 6.45) is -0.734. The molecule has 7 nitrogen and oxygen atoms in total. The number of aliphatic carboxylic acids is 1. The van der Waals surface area contributed by atoms with Crippen LogP contribution in [0, 0.1) is 6.92 Å². The molecule has 0 bridgehead atoms. The van der Waals surface area contributed by atoms with Crippen molar-refractivity contribution in [2.24, 2.45) is 0 Å². The molecule has 0 saturated carbocycles. The molecular formula is C27H26N2O5. The number of nitrogens with zero attached hydrogens (tertiary/aromatic N) is 1. The Morgan fingerprint density at radius 1 is 0.941 bits per heavy atom. The molecule has 3 aromatic carbocycles. The highest BCUT2D eigenvalue weighted by Crippen LogP contribution is 2.44. The first-order chi connectivity index (χ1) is 16.3. The molecule has 0 heterocycles. The van der Waals surface area contributed by atoms with Gasteiger partial charge in [0.1, 0.15) is 19.2 Å². The number of carbonyl (C=O) groups excluding carboxylic acids is 2. The van der Waals surface area contributed by atoms with Gasteiger partial charge in [-0.2, -0.15) is 0 Å². The fourth-order valence-electron chi connectivity index (χ4n) is 4.27. The second-order valence-electron chi connectivity index (χ2n) is 8.35. The predicted octanol–water partition coefficient (Wildman–Crippen LogP) is 4.34. The van der Waals surface area contributed by atoms with Gasteiger partial charge in [-0.1, -0.05) is 66.2 Å². The SMILES string of the molecule is Cc1ccc(N(CC(=O)O)C(=O)[C@H](C)NC(=O)OCC2c3ccccc3-c3ccccc32)cc1. The number of ether oxygens (including phenoxy) is 1. The summed E-state index contributed by atoms with van der Waals surface area (Å²) in [6, 6.07) is 22.0. The fourth-order valence-corrected chi connectivity index (χ4v) is 4.27. The second-order valence-corrected chi connectivity index (χ2v) is 8.35. The molecule has 7 heteroatoms. The number of rotatable bonds is 7. The molecular weight excluding hydrogens is 432 g/mol. The molecule has 0 fully saturated rings. The maximum atomic E-state index is 13.0. The van der Waals surface area contributed by atoms with Crippen LogP contribution in [0.4, 0.5) is 10.5 Å². The highest BCUT2D eigenvalue weighted by Gasteiger charge is 2.30. The molecule has 0 unspecified atom stereocenters. The number of anilines is 1. The second kappa shape index (κ2) is 9.79. The van der Waals surface area contributed by atoms with Crippen LogP contribution >= 0.6 is 0 Å². The number of carboxylic acids is 1. The van der Waals surface area contributed by atoms with Crippen molar-refractivity contribution in [3.8, 4) is 11.1 Å². The topological polar surface area (TPSA) is 95.9 Å². The largest absolute Gasteiger partial charge is 0.480 e. The van der Waals surface area contributed by atoms with Gasteiger partial charge in [-0.15, -0.1) is 0 Å². The van der Waals surface area contributed by atoms with E-state index in [2.05, 4.69) is 17.4 Å². The first-order valence-electron chi connectivity index (χ1n) is 11.1. The smallest absolute Gasteiger partial charge is 0.407 e. The predicted molar refractivity (Wildman–Crippen MR) is 129 cm³/mol. The van der Waals surface area contributed by atoms with Crippen molar-refractivity contribution in [3.05, 3.63) is 89.5 Å². The maximum absolute atomic E-state index is 13.0. The summed E-state index contributed by atoms with van der Waals surface area (Å²) in [6.45, 7) is 3.01. The van der Waals surface area contributed by atoms with Crippen LogP contribution in [0.15, 0.2) is 72.8 Å². The van der Waals surface area contributed by atoms with Crippen molar-refractivity contribution in [2.75, 3.05) is 18.1 Å². The number of hydrogen-bond donors (Lipinski definition) is 2. The summed E-state index contributed by atoms with van der Waals surface area (Å²) in [5.74, 6) is -1.79. The van der Waals surface area contributed by atoms with Crippen LogP contribution in [0.3, 0.4) is 0 Å². The van der Waals surface area contributed by atoms with Crippen molar-refractivity contribution < 1.29 is 24.2 Å². The van der Waals surface area contributed by atoms with Crippen LogP contribution in [-0.4, -0.2) is 42.3 Å². The number of carboxylic acid groups (broad SMARTS) is 1. The third-order valence-electron chi connectivity index (χ3n) is 5.95. The van der Waals surface area contributed by atoms with Crippen molar-refractivity contribution in [2.45, 2.75) is 25.8 Å². The van der Waals surface area contributed by atoms with E-state index in [1.807, 2.05) is 43.3 Å². The quantitative estimate of drug-likeness (QED) is 0.549. The first kappa shape index (κ1) is 23.0. The summed E-state index contributed by atoms with van der Waals surface area (Å²) in [5.41, 5.74) is 5.85. The molecule has 2 amide bonds. The zero-order chi connectivity index (χ0) is 24.2. The number of hydrogen-bond acceptors (Lipinski definition) is 4. The Hall–Kier alpha value is -4.13. The highest BCUT2D eigenvalue weighted by atomic mass is 16.5. The standard InChI is InChI=1S/C27H26N2O5/c1-17-11-13-19(14-12-17)29(15-25(30)31)26(32)18(2)28-27(33)34-16-24-22-9-5-3-7-20(22)21-8-4-6-10-23(21)24/h3-14,18,24H,15-16H2,1-2H3,(H,28,33)(H,30,31)/t18-/m0/s1. The molecule has 0 aromatic heterocycles. The van der Waals surface area contributed by atoms with Gasteiger partial charge in [-0.05, 0) is 48.2 Å². The van der Waals surface area contributed by atoms with E-state index < -0.39 is 30.6 Å². The molecule has 0 spiro atoms. The minimum atomic E-state index is -1.15. The first-order valence-corrected chi connectivity index (χ1v) is 11.1. The van der Waals surface area contributed by atoms with Crippen LogP contribution in [-0.2, 0) is 14.3 Å². The average Bonchev–Trinajstić information content (AvgIpc) is 3.15. The lowest BCUT2D eigenvalue weighted by molar-refractivity contribution is -0.136. The minimum Gasteiger partial charge on any atom is -0.480 e. The van der Waals surface area contributed by atoms with Crippen LogP contribution in [0.2, 0.25) is 0 Å². The third kappa shape index (κ3) is 4.78.